The molecule has 0 fully saturated rings. The minimum atomic E-state index is -0.601. The predicted molar refractivity (Wildman–Crippen MR) is 106 cm³/mol. The summed E-state index contributed by atoms with van der Waals surface area (Å²) in [6.45, 7) is 4.44. The first-order chi connectivity index (χ1) is 13.4. The topological polar surface area (TPSA) is 76.2 Å². The number of esters is 1. The molecular weight excluding hydrogens is 360 g/mol. The molecule has 7 nitrogen and oxygen atoms in total. The van der Waals surface area contributed by atoms with Crippen LogP contribution in [0.3, 0.4) is 0 Å². The molecule has 0 saturated carbocycles. The maximum atomic E-state index is 12.5. The first kappa shape index (κ1) is 21.2. The summed E-state index contributed by atoms with van der Waals surface area (Å²) in [7, 11) is 3.08. The molecule has 2 rings (SSSR count). The standard InChI is InChI=1S/C21H26N2O5/c1-5-23(6-2)19(24)13-22(3)20(25)14-28-21(26)17-11-12-18(27-4)16-10-8-7-9-15(16)17/h7-12H,5-6,13-14H2,1-4H3. The van der Waals surface area contributed by atoms with Gasteiger partial charge in [-0.1, -0.05) is 24.3 Å². The number of hydrogen-bond donors (Lipinski definition) is 0. The van der Waals surface area contributed by atoms with Crippen LogP contribution in [-0.4, -0.2) is 68.0 Å². The molecule has 2 aromatic rings. The molecule has 150 valence electrons. The highest BCUT2D eigenvalue weighted by molar-refractivity contribution is 6.06. The van der Waals surface area contributed by atoms with Crippen LogP contribution in [0.2, 0.25) is 0 Å². The number of methoxy groups -OCH3 is 1. The molecule has 0 spiro atoms. The van der Waals surface area contributed by atoms with Gasteiger partial charge >= 0.3 is 5.97 Å². The Morgan fingerprint density at radius 3 is 2.18 bits per heavy atom. The summed E-state index contributed by atoms with van der Waals surface area (Å²) in [4.78, 5) is 39.7. The van der Waals surface area contributed by atoms with Crippen LogP contribution in [0, 0.1) is 0 Å². The Hall–Kier alpha value is -3.09. The Labute approximate surface area is 164 Å². The first-order valence-corrected chi connectivity index (χ1v) is 9.17. The zero-order valence-electron chi connectivity index (χ0n) is 16.7. The monoisotopic (exact) mass is 386 g/mol. The Morgan fingerprint density at radius 1 is 0.929 bits per heavy atom. The van der Waals surface area contributed by atoms with Gasteiger partial charge in [0, 0.05) is 25.5 Å². The van der Waals surface area contributed by atoms with Gasteiger partial charge in [-0.2, -0.15) is 0 Å². The minimum Gasteiger partial charge on any atom is -0.496 e. The van der Waals surface area contributed by atoms with Gasteiger partial charge in [-0.25, -0.2) is 4.79 Å². The molecule has 0 heterocycles. The third-order valence-corrected chi connectivity index (χ3v) is 4.56. The highest BCUT2D eigenvalue weighted by Gasteiger charge is 2.19. The second-order valence-corrected chi connectivity index (χ2v) is 6.25. The van der Waals surface area contributed by atoms with Gasteiger partial charge in [-0.3, -0.25) is 9.59 Å². The van der Waals surface area contributed by atoms with Crippen molar-refractivity contribution in [3.8, 4) is 5.75 Å². The van der Waals surface area contributed by atoms with Gasteiger partial charge in [0.05, 0.1) is 19.2 Å². The zero-order valence-corrected chi connectivity index (χ0v) is 16.7. The first-order valence-electron chi connectivity index (χ1n) is 9.17. The summed E-state index contributed by atoms with van der Waals surface area (Å²) in [6, 6.07) is 10.6. The number of hydrogen-bond acceptors (Lipinski definition) is 5. The lowest BCUT2D eigenvalue weighted by Gasteiger charge is -2.23. The third kappa shape index (κ3) is 4.79. The number of benzene rings is 2. The molecule has 28 heavy (non-hydrogen) atoms. The fourth-order valence-corrected chi connectivity index (χ4v) is 2.91. The van der Waals surface area contributed by atoms with Crippen LogP contribution in [0.15, 0.2) is 36.4 Å². The number of rotatable bonds is 8. The Kier molecular flexibility index (Phi) is 7.37. The quantitative estimate of drug-likeness (QED) is 0.651. The lowest BCUT2D eigenvalue weighted by molar-refractivity contribution is -0.140. The van der Waals surface area contributed by atoms with Crippen molar-refractivity contribution in [2.75, 3.05) is 40.4 Å². The molecule has 0 aromatic heterocycles. The van der Waals surface area contributed by atoms with E-state index in [1.807, 2.05) is 32.0 Å². The summed E-state index contributed by atoms with van der Waals surface area (Å²) in [5.41, 5.74) is 0.353. The maximum Gasteiger partial charge on any atom is 0.339 e. The predicted octanol–water partition coefficient (Wildman–Crippen LogP) is 2.33. The average molecular weight is 386 g/mol. The second kappa shape index (κ2) is 9.73. The number of ether oxygens (including phenoxy) is 2. The lowest BCUT2D eigenvalue weighted by atomic mass is 10.0. The molecule has 0 aliphatic heterocycles. The van der Waals surface area contributed by atoms with E-state index >= 15 is 0 Å². The van der Waals surface area contributed by atoms with Crippen molar-refractivity contribution in [3.63, 3.8) is 0 Å². The van der Waals surface area contributed by atoms with Crippen molar-refractivity contribution in [2.45, 2.75) is 13.8 Å². The summed E-state index contributed by atoms with van der Waals surface area (Å²) in [5.74, 6) is -0.534. The average Bonchev–Trinajstić information content (AvgIpc) is 2.71. The molecule has 0 atom stereocenters. The van der Waals surface area contributed by atoms with E-state index in [0.717, 1.165) is 5.39 Å². The van der Waals surface area contributed by atoms with E-state index in [9.17, 15) is 14.4 Å². The molecule has 2 amide bonds. The van der Waals surface area contributed by atoms with E-state index in [4.69, 9.17) is 9.47 Å². The molecule has 7 heteroatoms. The third-order valence-electron chi connectivity index (χ3n) is 4.56. The van der Waals surface area contributed by atoms with Gasteiger partial charge in [0.15, 0.2) is 6.61 Å². The van der Waals surface area contributed by atoms with Gasteiger partial charge in [-0.15, -0.1) is 0 Å². The van der Waals surface area contributed by atoms with E-state index in [0.29, 0.717) is 29.8 Å². The molecule has 0 bridgehead atoms. The number of amides is 2. The molecule has 0 unspecified atom stereocenters. The van der Waals surface area contributed by atoms with Crippen molar-refractivity contribution >= 4 is 28.6 Å². The summed E-state index contributed by atoms with van der Waals surface area (Å²) < 4.78 is 10.5. The van der Waals surface area contributed by atoms with Crippen molar-refractivity contribution in [1.29, 1.82) is 0 Å². The fraction of sp³-hybridized carbons (Fsp3) is 0.381. The fourth-order valence-electron chi connectivity index (χ4n) is 2.91. The van der Waals surface area contributed by atoms with E-state index < -0.39 is 18.5 Å². The van der Waals surface area contributed by atoms with Gasteiger partial charge < -0.3 is 19.3 Å². The number of carbonyl (C=O) groups excluding carboxylic acids is 3. The van der Waals surface area contributed by atoms with Crippen molar-refractivity contribution < 1.29 is 23.9 Å². The largest absolute Gasteiger partial charge is 0.496 e. The molecule has 0 saturated heterocycles. The molecular formula is C21H26N2O5. The molecule has 0 aliphatic rings. The van der Waals surface area contributed by atoms with Gasteiger partial charge in [-0.05, 0) is 31.4 Å². The van der Waals surface area contributed by atoms with E-state index in [2.05, 4.69) is 0 Å². The summed E-state index contributed by atoms with van der Waals surface area (Å²) in [5, 5.41) is 1.47. The zero-order chi connectivity index (χ0) is 20.7. The van der Waals surface area contributed by atoms with E-state index in [1.54, 1.807) is 30.2 Å². The Morgan fingerprint density at radius 2 is 1.57 bits per heavy atom. The molecule has 2 aromatic carbocycles. The summed E-state index contributed by atoms with van der Waals surface area (Å²) in [6.07, 6.45) is 0. The summed E-state index contributed by atoms with van der Waals surface area (Å²) >= 11 is 0. The van der Waals surface area contributed by atoms with Crippen LogP contribution in [0.5, 0.6) is 5.75 Å². The lowest BCUT2D eigenvalue weighted by Crippen LogP contribution is -2.42. The van der Waals surface area contributed by atoms with Gasteiger partial charge in [0.2, 0.25) is 5.91 Å². The van der Waals surface area contributed by atoms with Gasteiger partial charge in [0.1, 0.15) is 5.75 Å². The van der Waals surface area contributed by atoms with E-state index in [1.165, 1.54) is 11.9 Å². The van der Waals surface area contributed by atoms with Crippen molar-refractivity contribution in [1.82, 2.24) is 9.80 Å². The number of carbonyl (C=O) groups is 3. The number of likely N-dealkylation sites (N-methyl/N-ethyl adjacent to an activating group) is 2. The van der Waals surface area contributed by atoms with Crippen LogP contribution < -0.4 is 4.74 Å². The number of nitrogens with zero attached hydrogens (tertiary/aromatic N) is 2. The maximum absolute atomic E-state index is 12.5. The number of fused-ring (bicyclic) bond motifs is 1. The van der Waals surface area contributed by atoms with E-state index in [-0.39, 0.29) is 12.5 Å². The van der Waals surface area contributed by atoms with Crippen LogP contribution in [0.4, 0.5) is 0 Å². The molecule has 0 N–H and O–H groups in total. The van der Waals surface area contributed by atoms with Crippen LogP contribution in [0.1, 0.15) is 24.2 Å². The van der Waals surface area contributed by atoms with Gasteiger partial charge in [0.25, 0.3) is 5.91 Å². The van der Waals surface area contributed by atoms with Crippen LogP contribution in [0.25, 0.3) is 10.8 Å². The Balaban J connectivity index is 2.03. The van der Waals surface area contributed by atoms with Crippen molar-refractivity contribution in [2.24, 2.45) is 0 Å². The minimum absolute atomic E-state index is 0.0521. The molecule has 0 radical (unpaired) electrons. The molecule has 0 aliphatic carbocycles. The second-order valence-electron chi connectivity index (χ2n) is 6.25. The Bertz CT molecular complexity index is 861. The van der Waals surface area contributed by atoms with Crippen LogP contribution >= 0.6 is 0 Å². The van der Waals surface area contributed by atoms with Crippen LogP contribution in [-0.2, 0) is 14.3 Å². The highest BCUT2D eigenvalue weighted by Crippen LogP contribution is 2.28. The smallest absolute Gasteiger partial charge is 0.339 e. The normalized spacial score (nSPS) is 10.4. The highest BCUT2D eigenvalue weighted by atomic mass is 16.5. The SMILES string of the molecule is CCN(CC)C(=O)CN(C)C(=O)COC(=O)c1ccc(OC)c2ccccc12. The van der Waals surface area contributed by atoms with Crippen molar-refractivity contribution in [3.05, 3.63) is 42.0 Å².